The normalized spacial score (nSPS) is 11.7. The molecule has 0 radical (unpaired) electrons. The van der Waals surface area contributed by atoms with Gasteiger partial charge in [0, 0.05) is 10.8 Å². The molecule has 0 N–H and O–H groups in total. The first-order valence-electron chi connectivity index (χ1n) is 14.8. The maximum atomic E-state index is 6.32. The first-order valence-corrected chi connectivity index (χ1v) is 14.8. The molecule has 9 aromatic rings. The van der Waals surface area contributed by atoms with Crippen LogP contribution >= 0.6 is 0 Å². The van der Waals surface area contributed by atoms with E-state index in [1.165, 1.54) is 60.1 Å². The molecule has 0 aliphatic rings. The van der Waals surface area contributed by atoms with Crippen molar-refractivity contribution in [1.29, 1.82) is 0 Å². The smallest absolute Gasteiger partial charge is 0.136 e. The summed E-state index contributed by atoms with van der Waals surface area (Å²) in [5, 5.41) is 9.80. The van der Waals surface area contributed by atoms with Crippen LogP contribution in [-0.2, 0) is 0 Å². The summed E-state index contributed by atoms with van der Waals surface area (Å²) in [6.07, 6.45) is 0. The molecule has 0 saturated carbocycles. The summed E-state index contributed by atoms with van der Waals surface area (Å²) in [6, 6.07) is 56.9. The van der Waals surface area contributed by atoms with Crippen LogP contribution in [0, 0.1) is 0 Å². The average Bonchev–Trinajstić information content (AvgIpc) is 3.45. The lowest BCUT2D eigenvalue weighted by Crippen LogP contribution is -1.91. The van der Waals surface area contributed by atoms with E-state index in [4.69, 9.17) is 4.42 Å². The van der Waals surface area contributed by atoms with Gasteiger partial charge >= 0.3 is 0 Å². The van der Waals surface area contributed by atoms with Gasteiger partial charge in [0.15, 0.2) is 0 Å². The van der Waals surface area contributed by atoms with E-state index in [1.54, 1.807) is 0 Å². The lowest BCUT2D eigenvalue weighted by molar-refractivity contribution is 0.669. The summed E-state index contributed by atoms with van der Waals surface area (Å²) in [7, 11) is 0. The molecule has 0 aliphatic heterocycles. The van der Waals surface area contributed by atoms with Gasteiger partial charge in [0.25, 0.3) is 0 Å². The molecule has 1 aromatic heterocycles. The zero-order valence-electron chi connectivity index (χ0n) is 23.4. The summed E-state index contributed by atoms with van der Waals surface area (Å²) >= 11 is 0. The van der Waals surface area contributed by atoms with Crippen LogP contribution in [0.25, 0.3) is 87.6 Å². The second-order valence-corrected chi connectivity index (χ2v) is 11.3. The summed E-state index contributed by atoms with van der Waals surface area (Å²) in [5.41, 5.74) is 9.20. The first-order chi connectivity index (χ1) is 21.3. The quantitative estimate of drug-likeness (QED) is 0.201. The second kappa shape index (κ2) is 9.44. The topological polar surface area (TPSA) is 13.1 Å². The van der Waals surface area contributed by atoms with Crippen LogP contribution in [0.4, 0.5) is 0 Å². The summed E-state index contributed by atoms with van der Waals surface area (Å²) < 4.78 is 6.32. The zero-order chi connectivity index (χ0) is 28.3. The fraction of sp³-hybridized carbons (Fsp3) is 0. The highest BCUT2D eigenvalue weighted by Crippen LogP contribution is 2.45. The van der Waals surface area contributed by atoms with E-state index in [2.05, 4.69) is 146 Å². The third-order valence-electron chi connectivity index (χ3n) is 8.85. The van der Waals surface area contributed by atoms with E-state index in [9.17, 15) is 0 Å². The van der Waals surface area contributed by atoms with Crippen LogP contribution < -0.4 is 0 Å². The van der Waals surface area contributed by atoms with Crippen molar-refractivity contribution >= 4 is 54.3 Å². The largest absolute Gasteiger partial charge is 0.456 e. The van der Waals surface area contributed by atoms with Gasteiger partial charge in [-0.2, -0.15) is 0 Å². The molecule has 1 nitrogen and oxygen atoms in total. The molecule has 0 unspecified atom stereocenters. The van der Waals surface area contributed by atoms with Crippen molar-refractivity contribution in [3.8, 4) is 33.4 Å². The number of rotatable bonds is 3. The molecule has 43 heavy (non-hydrogen) atoms. The van der Waals surface area contributed by atoms with Crippen LogP contribution in [0.2, 0.25) is 0 Å². The van der Waals surface area contributed by atoms with Crippen molar-refractivity contribution in [1.82, 2.24) is 0 Å². The van der Waals surface area contributed by atoms with E-state index >= 15 is 0 Å². The highest BCUT2D eigenvalue weighted by Gasteiger charge is 2.18. The third kappa shape index (κ3) is 3.72. The molecule has 0 atom stereocenters. The molecule has 1 heteroatoms. The van der Waals surface area contributed by atoms with E-state index in [0.29, 0.717) is 0 Å². The molecule has 0 amide bonds. The van der Waals surface area contributed by atoms with Gasteiger partial charge in [-0.3, -0.25) is 0 Å². The molecule has 0 fully saturated rings. The molecule has 0 spiro atoms. The van der Waals surface area contributed by atoms with E-state index < -0.39 is 0 Å². The third-order valence-corrected chi connectivity index (χ3v) is 8.85. The number of hydrogen-bond donors (Lipinski definition) is 0. The second-order valence-electron chi connectivity index (χ2n) is 11.3. The molecule has 8 aromatic carbocycles. The Kier molecular flexibility index (Phi) is 5.27. The van der Waals surface area contributed by atoms with Crippen molar-refractivity contribution < 1.29 is 4.42 Å². The van der Waals surface area contributed by atoms with Crippen LogP contribution in [0.15, 0.2) is 162 Å². The molecular weight excluding hydrogens is 520 g/mol. The minimum atomic E-state index is 0.915. The van der Waals surface area contributed by atoms with Crippen molar-refractivity contribution in [2.24, 2.45) is 0 Å². The fourth-order valence-electron chi connectivity index (χ4n) is 6.95. The number of fused-ring (bicyclic) bond motifs is 6. The van der Waals surface area contributed by atoms with Crippen molar-refractivity contribution in [2.75, 3.05) is 0 Å². The summed E-state index contributed by atoms with van der Waals surface area (Å²) in [4.78, 5) is 0. The molecule has 200 valence electrons. The Bertz CT molecular complexity index is 2450. The van der Waals surface area contributed by atoms with E-state index in [0.717, 1.165) is 27.5 Å². The maximum absolute atomic E-state index is 6.32. The Morgan fingerprint density at radius 2 is 0.814 bits per heavy atom. The number of furan rings is 1. The number of benzene rings is 8. The van der Waals surface area contributed by atoms with Gasteiger partial charge in [0.1, 0.15) is 11.2 Å². The first kappa shape index (κ1) is 24.0. The predicted molar refractivity (Wildman–Crippen MR) is 183 cm³/mol. The fourth-order valence-corrected chi connectivity index (χ4v) is 6.95. The maximum Gasteiger partial charge on any atom is 0.136 e. The molecule has 9 rings (SSSR count). The Morgan fingerprint density at radius 3 is 1.53 bits per heavy atom. The number of para-hydroxylation sites is 1. The standard InChI is InChI=1S/C42H26O/c1-2-15-31-27(11-1)12-10-21-32(31)28-13-9-14-29(25-28)41-35-17-3-5-19-37(35)42(38-20-6-4-18-36(38)41)30-23-24-34-33-16-7-8-22-39(33)43-40(34)26-30/h1-26H. The lowest BCUT2D eigenvalue weighted by Gasteiger charge is -2.18. The van der Waals surface area contributed by atoms with Gasteiger partial charge in [-0.05, 0) is 90.0 Å². The average molecular weight is 547 g/mol. The molecule has 0 aliphatic carbocycles. The van der Waals surface area contributed by atoms with Crippen LogP contribution in [-0.4, -0.2) is 0 Å². The minimum absolute atomic E-state index is 0.915. The van der Waals surface area contributed by atoms with E-state index in [1.807, 2.05) is 12.1 Å². The SMILES string of the molecule is c1cc(-c2cccc3ccccc23)cc(-c2c3ccccc3c(-c3ccc4c(c3)oc3ccccc34)c3ccccc23)c1. The minimum Gasteiger partial charge on any atom is -0.456 e. The molecular formula is C42H26O. The van der Waals surface area contributed by atoms with Crippen LogP contribution in [0.5, 0.6) is 0 Å². The summed E-state index contributed by atoms with van der Waals surface area (Å²) in [6.45, 7) is 0. The van der Waals surface area contributed by atoms with Crippen molar-refractivity contribution in [2.45, 2.75) is 0 Å². The Hall–Kier alpha value is -5.66. The van der Waals surface area contributed by atoms with Gasteiger partial charge in [-0.15, -0.1) is 0 Å². The molecule has 1 heterocycles. The van der Waals surface area contributed by atoms with Crippen molar-refractivity contribution in [3.05, 3.63) is 158 Å². The molecule has 0 bridgehead atoms. The Balaban J connectivity index is 1.31. The lowest BCUT2D eigenvalue weighted by atomic mass is 9.85. The van der Waals surface area contributed by atoms with Gasteiger partial charge in [-0.25, -0.2) is 0 Å². The highest BCUT2D eigenvalue weighted by atomic mass is 16.3. The Morgan fingerprint density at radius 1 is 0.302 bits per heavy atom. The molecule has 0 saturated heterocycles. The van der Waals surface area contributed by atoms with E-state index in [-0.39, 0.29) is 0 Å². The van der Waals surface area contributed by atoms with Crippen molar-refractivity contribution in [3.63, 3.8) is 0 Å². The monoisotopic (exact) mass is 546 g/mol. The van der Waals surface area contributed by atoms with Crippen LogP contribution in [0.3, 0.4) is 0 Å². The predicted octanol–water partition coefficient (Wildman–Crippen LogP) is 12.0. The number of hydrogen-bond acceptors (Lipinski definition) is 1. The zero-order valence-corrected chi connectivity index (χ0v) is 23.4. The van der Waals surface area contributed by atoms with Gasteiger partial charge in [0.2, 0.25) is 0 Å². The highest BCUT2D eigenvalue weighted by molar-refractivity contribution is 6.22. The van der Waals surface area contributed by atoms with Gasteiger partial charge in [-0.1, -0.05) is 133 Å². The van der Waals surface area contributed by atoms with Gasteiger partial charge in [0.05, 0.1) is 0 Å². The van der Waals surface area contributed by atoms with Crippen LogP contribution in [0.1, 0.15) is 0 Å². The Labute approximate surface area is 249 Å². The van der Waals surface area contributed by atoms with Gasteiger partial charge < -0.3 is 4.42 Å². The summed E-state index contributed by atoms with van der Waals surface area (Å²) in [5.74, 6) is 0.